The van der Waals surface area contributed by atoms with Gasteiger partial charge in [-0.15, -0.1) is 0 Å². The Morgan fingerprint density at radius 2 is 1.02 bits per heavy atom. The minimum Gasteiger partial charge on any atom is -0.455 e. The topological polar surface area (TPSA) is 31.0 Å². The van der Waals surface area contributed by atoms with Crippen molar-refractivity contribution < 1.29 is 4.42 Å². The van der Waals surface area contributed by atoms with E-state index in [1.165, 1.54) is 11.1 Å². The molecule has 0 fully saturated rings. The van der Waals surface area contributed by atoms with Crippen LogP contribution in [0.25, 0.3) is 83.4 Å². The van der Waals surface area contributed by atoms with Gasteiger partial charge in [0.25, 0.3) is 0 Å². The van der Waals surface area contributed by atoms with Gasteiger partial charge in [0.15, 0.2) is 0 Å². The molecule has 0 radical (unpaired) electrons. The quantitative estimate of drug-likeness (QED) is 0.200. The second kappa shape index (κ2) is 10.8. The fourth-order valence-corrected chi connectivity index (χ4v) is 6.63. The van der Waals surface area contributed by atoms with Crippen LogP contribution in [0.4, 0.5) is 0 Å². The lowest BCUT2D eigenvalue weighted by Crippen LogP contribution is -1.98. The first-order chi connectivity index (χ1) is 22.8. The van der Waals surface area contributed by atoms with Crippen LogP contribution in [0.2, 0.25) is 0 Å². The molecule has 9 aromatic rings. The van der Waals surface area contributed by atoms with Crippen LogP contribution in [0.3, 0.4) is 0 Å². The second-order valence-corrected chi connectivity index (χ2v) is 11.6. The lowest BCUT2D eigenvalue weighted by molar-refractivity contribution is 0.669. The Morgan fingerprint density at radius 3 is 1.74 bits per heavy atom. The van der Waals surface area contributed by atoms with Crippen LogP contribution >= 0.6 is 0 Å². The number of rotatable bonds is 5. The third-order valence-corrected chi connectivity index (χ3v) is 8.85. The number of fused-ring (bicyclic) bond motifs is 4. The Hall–Kier alpha value is -6.19. The molecule has 0 amide bonds. The fraction of sp³-hybridized carbons (Fsp3) is 0. The van der Waals surface area contributed by atoms with E-state index in [0.29, 0.717) is 0 Å². The molecular weight excluding hydrogens is 560 g/mol. The van der Waals surface area contributed by atoms with Gasteiger partial charge < -0.3 is 4.42 Å². The SMILES string of the molecule is c1ccc(-c2ccc(-n3c(-c4ccc(-c5ccccc5)c5c4oc4cc(-c6ccccc6)ccc45)nc4ccccc43)cc2)cc1. The van der Waals surface area contributed by atoms with E-state index in [-0.39, 0.29) is 0 Å². The molecule has 0 saturated heterocycles. The summed E-state index contributed by atoms with van der Waals surface area (Å²) in [7, 11) is 0. The number of hydrogen-bond donors (Lipinski definition) is 0. The summed E-state index contributed by atoms with van der Waals surface area (Å²) in [4.78, 5) is 5.23. The van der Waals surface area contributed by atoms with Crippen LogP contribution in [-0.4, -0.2) is 9.55 Å². The molecule has 0 atom stereocenters. The Kier molecular flexibility index (Phi) is 6.14. The van der Waals surface area contributed by atoms with Crippen molar-refractivity contribution in [1.82, 2.24) is 9.55 Å². The molecule has 0 N–H and O–H groups in total. The molecule has 3 heteroatoms. The van der Waals surface area contributed by atoms with Crippen LogP contribution in [0, 0.1) is 0 Å². The minimum absolute atomic E-state index is 0.832. The maximum absolute atomic E-state index is 6.87. The molecule has 3 nitrogen and oxygen atoms in total. The van der Waals surface area contributed by atoms with Gasteiger partial charge in [0, 0.05) is 16.5 Å². The molecular formula is C43H28N2O. The van der Waals surface area contributed by atoms with Gasteiger partial charge in [0.1, 0.15) is 17.0 Å². The van der Waals surface area contributed by atoms with E-state index in [1.807, 2.05) is 18.2 Å². The third kappa shape index (κ3) is 4.33. The van der Waals surface area contributed by atoms with Crippen LogP contribution in [0.15, 0.2) is 174 Å². The number of para-hydroxylation sites is 2. The lowest BCUT2D eigenvalue weighted by Gasteiger charge is -2.12. The molecule has 0 aliphatic carbocycles. The van der Waals surface area contributed by atoms with E-state index in [2.05, 4.69) is 156 Å². The summed E-state index contributed by atoms with van der Waals surface area (Å²) in [6, 6.07) is 59.5. The van der Waals surface area contributed by atoms with E-state index < -0.39 is 0 Å². The van der Waals surface area contributed by atoms with E-state index >= 15 is 0 Å². The van der Waals surface area contributed by atoms with Crippen LogP contribution in [0.5, 0.6) is 0 Å². The van der Waals surface area contributed by atoms with Gasteiger partial charge in [-0.3, -0.25) is 4.57 Å². The van der Waals surface area contributed by atoms with Gasteiger partial charge in [-0.05, 0) is 75.8 Å². The Balaban J connectivity index is 1.30. The highest BCUT2D eigenvalue weighted by molar-refractivity contribution is 6.16. The predicted octanol–water partition coefficient (Wildman–Crippen LogP) is 11.6. The van der Waals surface area contributed by atoms with Crippen molar-refractivity contribution in [2.24, 2.45) is 0 Å². The number of nitrogens with zero attached hydrogens (tertiary/aromatic N) is 2. The molecule has 0 unspecified atom stereocenters. The highest BCUT2D eigenvalue weighted by atomic mass is 16.3. The molecule has 216 valence electrons. The summed E-state index contributed by atoms with van der Waals surface area (Å²) in [5, 5.41) is 2.18. The summed E-state index contributed by atoms with van der Waals surface area (Å²) in [6.07, 6.45) is 0. The summed E-state index contributed by atoms with van der Waals surface area (Å²) in [6.45, 7) is 0. The number of hydrogen-bond acceptors (Lipinski definition) is 2. The molecule has 2 aromatic heterocycles. The van der Waals surface area contributed by atoms with Gasteiger partial charge in [-0.2, -0.15) is 0 Å². The Labute approximate surface area is 266 Å². The monoisotopic (exact) mass is 588 g/mol. The average Bonchev–Trinajstić information content (AvgIpc) is 3.71. The molecule has 2 heterocycles. The fourth-order valence-electron chi connectivity index (χ4n) is 6.63. The van der Waals surface area contributed by atoms with Gasteiger partial charge in [-0.25, -0.2) is 4.98 Å². The smallest absolute Gasteiger partial charge is 0.149 e. The highest BCUT2D eigenvalue weighted by Crippen LogP contribution is 2.43. The van der Waals surface area contributed by atoms with E-state index in [1.54, 1.807) is 0 Å². The molecule has 7 aromatic carbocycles. The molecule has 0 saturated carbocycles. The van der Waals surface area contributed by atoms with Gasteiger partial charge in [0.2, 0.25) is 0 Å². The minimum atomic E-state index is 0.832. The summed E-state index contributed by atoms with van der Waals surface area (Å²) < 4.78 is 9.13. The van der Waals surface area contributed by atoms with Gasteiger partial charge in [-0.1, -0.05) is 127 Å². The normalized spacial score (nSPS) is 11.5. The molecule has 0 aliphatic heterocycles. The predicted molar refractivity (Wildman–Crippen MR) is 190 cm³/mol. The summed E-state index contributed by atoms with van der Waals surface area (Å²) in [5.41, 5.74) is 12.6. The van der Waals surface area contributed by atoms with Crippen molar-refractivity contribution in [2.75, 3.05) is 0 Å². The second-order valence-electron chi connectivity index (χ2n) is 11.6. The molecule has 46 heavy (non-hydrogen) atoms. The number of aromatic nitrogens is 2. The maximum atomic E-state index is 6.87. The van der Waals surface area contributed by atoms with Crippen LogP contribution in [-0.2, 0) is 0 Å². The zero-order valence-electron chi connectivity index (χ0n) is 25.0. The first kappa shape index (κ1) is 26.2. The standard InChI is InChI=1S/C43H28N2O/c1-4-12-29(13-5-1)31-20-23-34(24-21-31)45-39-19-11-10-18-38(39)44-43(45)37-27-26-35(32-16-8-3-9-17-32)41-36-25-22-33(28-40(36)46-42(37)41)30-14-6-2-7-15-30/h1-28H. The zero-order chi connectivity index (χ0) is 30.5. The summed E-state index contributed by atoms with van der Waals surface area (Å²) >= 11 is 0. The third-order valence-electron chi connectivity index (χ3n) is 8.85. The number of furan rings is 1. The highest BCUT2D eigenvalue weighted by Gasteiger charge is 2.22. The van der Waals surface area contributed by atoms with E-state index in [0.717, 1.165) is 72.3 Å². The van der Waals surface area contributed by atoms with E-state index in [9.17, 15) is 0 Å². The zero-order valence-corrected chi connectivity index (χ0v) is 25.0. The molecule has 0 spiro atoms. The van der Waals surface area contributed by atoms with Crippen molar-refractivity contribution in [1.29, 1.82) is 0 Å². The van der Waals surface area contributed by atoms with Crippen molar-refractivity contribution in [3.05, 3.63) is 170 Å². The first-order valence-corrected chi connectivity index (χ1v) is 15.6. The van der Waals surface area contributed by atoms with Crippen molar-refractivity contribution in [2.45, 2.75) is 0 Å². The molecule has 0 aliphatic rings. The lowest BCUT2D eigenvalue weighted by atomic mass is 9.96. The first-order valence-electron chi connectivity index (χ1n) is 15.6. The van der Waals surface area contributed by atoms with Crippen molar-refractivity contribution in [3.8, 4) is 50.5 Å². The Bertz CT molecular complexity index is 2490. The number of benzene rings is 7. The van der Waals surface area contributed by atoms with Gasteiger partial charge in [0.05, 0.1) is 16.6 Å². The van der Waals surface area contributed by atoms with E-state index in [4.69, 9.17) is 9.40 Å². The van der Waals surface area contributed by atoms with Crippen LogP contribution in [0.1, 0.15) is 0 Å². The molecule has 9 rings (SSSR count). The maximum Gasteiger partial charge on any atom is 0.149 e. The van der Waals surface area contributed by atoms with Crippen molar-refractivity contribution >= 4 is 33.0 Å². The van der Waals surface area contributed by atoms with Crippen LogP contribution < -0.4 is 0 Å². The van der Waals surface area contributed by atoms with Gasteiger partial charge >= 0.3 is 0 Å². The number of imidazole rings is 1. The largest absolute Gasteiger partial charge is 0.455 e. The van der Waals surface area contributed by atoms with Crippen molar-refractivity contribution in [3.63, 3.8) is 0 Å². The Morgan fingerprint density at radius 1 is 0.457 bits per heavy atom. The summed E-state index contributed by atoms with van der Waals surface area (Å²) in [5.74, 6) is 0.848. The molecule has 0 bridgehead atoms. The average molecular weight is 589 g/mol.